The number of hydrogen-bond donors (Lipinski definition) is 2. The third-order valence-electron chi connectivity index (χ3n) is 4.30. The zero-order valence-electron chi connectivity index (χ0n) is 17.8. The zero-order valence-corrected chi connectivity index (χ0v) is 18.6. The minimum absolute atomic E-state index is 0.0101. The van der Waals surface area contributed by atoms with E-state index in [-0.39, 0.29) is 31.5 Å². The molecule has 0 bridgehead atoms. The van der Waals surface area contributed by atoms with Crippen LogP contribution >= 0.6 is 11.3 Å². The summed E-state index contributed by atoms with van der Waals surface area (Å²) in [5.74, 6) is -0.396. The van der Waals surface area contributed by atoms with Crippen LogP contribution in [0, 0.1) is 13.8 Å². The first kappa shape index (κ1) is 23.4. The Bertz CT molecular complexity index is 925. The van der Waals surface area contributed by atoms with Gasteiger partial charge in [0, 0.05) is 16.6 Å². The van der Waals surface area contributed by atoms with Crippen LogP contribution < -0.4 is 15.4 Å². The summed E-state index contributed by atoms with van der Waals surface area (Å²) in [6.45, 7) is 5.71. The SMILES string of the molecule is CCOC(=O)c1c(NC(=O)CN(C)CC(=O)Nc2cccc(OC)c2)sc(C)c1C. The van der Waals surface area contributed by atoms with Gasteiger partial charge in [-0.05, 0) is 45.5 Å². The number of nitrogens with zero attached hydrogens (tertiary/aromatic N) is 1. The highest BCUT2D eigenvalue weighted by Gasteiger charge is 2.22. The van der Waals surface area contributed by atoms with Crippen molar-refractivity contribution in [3.8, 4) is 5.75 Å². The molecule has 0 atom stereocenters. The second kappa shape index (κ2) is 10.7. The molecule has 2 rings (SSSR count). The summed E-state index contributed by atoms with van der Waals surface area (Å²) in [6.07, 6.45) is 0. The molecule has 162 valence electrons. The molecule has 2 N–H and O–H groups in total. The number of rotatable bonds is 9. The van der Waals surface area contributed by atoms with E-state index in [1.807, 2.05) is 13.8 Å². The summed E-state index contributed by atoms with van der Waals surface area (Å²) in [5, 5.41) is 6.00. The van der Waals surface area contributed by atoms with Crippen molar-refractivity contribution in [1.29, 1.82) is 0 Å². The van der Waals surface area contributed by atoms with Gasteiger partial charge >= 0.3 is 5.97 Å². The number of carbonyl (C=O) groups excluding carboxylic acids is 3. The molecule has 9 heteroatoms. The second-order valence-corrected chi connectivity index (χ2v) is 7.93. The van der Waals surface area contributed by atoms with Crippen molar-refractivity contribution in [3.63, 3.8) is 0 Å². The molecular formula is C21H27N3O5S. The number of benzene rings is 1. The maximum Gasteiger partial charge on any atom is 0.341 e. The number of nitrogens with one attached hydrogen (secondary N) is 2. The van der Waals surface area contributed by atoms with E-state index in [1.165, 1.54) is 11.3 Å². The minimum atomic E-state index is -0.458. The highest BCUT2D eigenvalue weighted by Crippen LogP contribution is 2.33. The van der Waals surface area contributed by atoms with Gasteiger partial charge < -0.3 is 20.1 Å². The molecule has 0 radical (unpaired) electrons. The second-order valence-electron chi connectivity index (χ2n) is 6.71. The Morgan fingerprint density at radius 2 is 1.77 bits per heavy atom. The van der Waals surface area contributed by atoms with Crippen LogP contribution in [-0.2, 0) is 14.3 Å². The van der Waals surface area contributed by atoms with E-state index in [2.05, 4.69) is 10.6 Å². The summed E-state index contributed by atoms with van der Waals surface area (Å²) in [6, 6.07) is 7.02. The monoisotopic (exact) mass is 433 g/mol. The fraction of sp³-hybridized carbons (Fsp3) is 0.381. The molecule has 1 heterocycles. The summed E-state index contributed by atoms with van der Waals surface area (Å²) in [4.78, 5) is 39.4. The Balaban J connectivity index is 1.94. The van der Waals surface area contributed by atoms with E-state index in [4.69, 9.17) is 9.47 Å². The number of esters is 1. The van der Waals surface area contributed by atoms with Gasteiger partial charge in [-0.3, -0.25) is 14.5 Å². The quantitative estimate of drug-likeness (QED) is 0.590. The Morgan fingerprint density at radius 1 is 1.10 bits per heavy atom. The molecule has 0 saturated heterocycles. The Morgan fingerprint density at radius 3 is 2.40 bits per heavy atom. The minimum Gasteiger partial charge on any atom is -0.497 e. The fourth-order valence-electron chi connectivity index (χ4n) is 2.78. The Hall–Kier alpha value is -2.91. The van der Waals surface area contributed by atoms with E-state index >= 15 is 0 Å². The molecule has 0 saturated carbocycles. The average molecular weight is 434 g/mol. The maximum absolute atomic E-state index is 12.5. The number of likely N-dealkylation sites (N-methyl/N-ethyl adjacent to an activating group) is 1. The summed E-state index contributed by atoms with van der Waals surface area (Å²) in [5.41, 5.74) is 1.78. The first-order valence-corrected chi connectivity index (χ1v) is 10.3. The van der Waals surface area contributed by atoms with Gasteiger partial charge in [0.1, 0.15) is 10.8 Å². The Labute approximate surface area is 180 Å². The highest BCUT2D eigenvalue weighted by atomic mass is 32.1. The normalized spacial score (nSPS) is 10.6. The fourth-order valence-corrected chi connectivity index (χ4v) is 3.84. The van der Waals surface area contributed by atoms with E-state index < -0.39 is 5.97 Å². The van der Waals surface area contributed by atoms with E-state index in [0.29, 0.717) is 22.0 Å². The number of hydrogen-bond acceptors (Lipinski definition) is 7. The van der Waals surface area contributed by atoms with Crippen molar-refractivity contribution >= 4 is 39.8 Å². The van der Waals surface area contributed by atoms with Gasteiger partial charge in [0.25, 0.3) is 0 Å². The highest BCUT2D eigenvalue weighted by molar-refractivity contribution is 7.16. The predicted molar refractivity (Wildman–Crippen MR) is 117 cm³/mol. The van der Waals surface area contributed by atoms with E-state index in [0.717, 1.165) is 10.4 Å². The largest absolute Gasteiger partial charge is 0.497 e. The summed E-state index contributed by atoms with van der Waals surface area (Å²) >= 11 is 1.33. The molecule has 0 unspecified atom stereocenters. The van der Waals surface area contributed by atoms with Gasteiger partial charge in [-0.1, -0.05) is 6.07 Å². The first-order valence-electron chi connectivity index (χ1n) is 9.44. The summed E-state index contributed by atoms with van der Waals surface area (Å²) < 4.78 is 10.2. The molecule has 2 aromatic rings. The van der Waals surface area contributed by atoms with Crippen LogP contribution in [0.15, 0.2) is 24.3 Å². The van der Waals surface area contributed by atoms with Crippen LogP contribution in [0.3, 0.4) is 0 Å². The Kier molecular flexibility index (Phi) is 8.37. The lowest BCUT2D eigenvalue weighted by molar-refractivity contribution is -0.119. The lowest BCUT2D eigenvalue weighted by Crippen LogP contribution is -2.36. The third kappa shape index (κ3) is 6.30. The van der Waals surface area contributed by atoms with Gasteiger partial charge in [-0.25, -0.2) is 4.79 Å². The molecule has 30 heavy (non-hydrogen) atoms. The molecular weight excluding hydrogens is 406 g/mol. The molecule has 0 aliphatic carbocycles. The van der Waals surface area contributed by atoms with Crippen LogP contribution in [0.1, 0.15) is 27.7 Å². The lowest BCUT2D eigenvalue weighted by atomic mass is 10.1. The number of methoxy groups -OCH3 is 1. The van der Waals surface area contributed by atoms with Crippen LogP contribution in [0.4, 0.5) is 10.7 Å². The molecule has 2 amide bonds. The maximum atomic E-state index is 12.5. The number of aryl methyl sites for hydroxylation is 1. The van der Waals surface area contributed by atoms with Gasteiger partial charge in [-0.15, -0.1) is 11.3 Å². The van der Waals surface area contributed by atoms with Gasteiger partial charge in [0.2, 0.25) is 11.8 Å². The summed E-state index contributed by atoms with van der Waals surface area (Å²) in [7, 11) is 3.22. The van der Waals surface area contributed by atoms with E-state index in [9.17, 15) is 14.4 Å². The van der Waals surface area contributed by atoms with Crippen molar-refractivity contribution in [2.24, 2.45) is 0 Å². The topological polar surface area (TPSA) is 97.0 Å². The van der Waals surface area contributed by atoms with E-state index in [1.54, 1.807) is 50.2 Å². The van der Waals surface area contributed by atoms with Crippen molar-refractivity contribution in [2.75, 3.05) is 44.5 Å². The van der Waals surface area contributed by atoms with Crippen LogP contribution in [0.2, 0.25) is 0 Å². The number of anilines is 2. The smallest absolute Gasteiger partial charge is 0.341 e. The molecule has 0 spiro atoms. The molecule has 0 fully saturated rings. The molecule has 0 aliphatic rings. The van der Waals surface area contributed by atoms with Crippen LogP contribution in [0.25, 0.3) is 0 Å². The lowest BCUT2D eigenvalue weighted by Gasteiger charge is -2.16. The third-order valence-corrected chi connectivity index (χ3v) is 5.42. The zero-order chi connectivity index (χ0) is 22.3. The number of carbonyl (C=O) groups is 3. The standard InChI is InChI=1S/C21H27N3O5S/c1-6-29-21(27)19-13(2)14(3)30-20(19)23-18(26)12-24(4)11-17(25)22-15-8-7-9-16(10-15)28-5/h7-10H,6,11-12H2,1-5H3,(H,22,25)(H,23,26). The number of thiophene rings is 1. The molecule has 0 aliphatic heterocycles. The van der Waals surface area contributed by atoms with Gasteiger partial charge in [0.15, 0.2) is 0 Å². The van der Waals surface area contributed by atoms with Gasteiger partial charge in [-0.2, -0.15) is 0 Å². The van der Waals surface area contributed by atoms with Gasteiger partial charge in [0.05, 0.1) is 32.4 Å². The average Bonchev–Trinajstić information content (AvgIpc) is 2.94. The predicted octanol–water partition coefficient (Wildman–Crippen LogP) is 3.06. The van der Waals surface area contributed by atoms with Crippen molar-refractivity contribution in [1.82, 2.24) is 4.90 Å². The van der Waals surface area contributed by atoms with Crippen molar-refractivity contribution in [2.45, 2.75) is 20.8 Å². The van der Waals surface area contributed by atoms with Crippen molar-refractivity contribution in [3.05, 3.63) is 40.3 Å². The molecule has 8 nitrogen and oxygen atoms in total. The first-order chi connectivity index (χ1) is 14.2. The number of ether oxygens (including phenoxy) is 2. The molecule has 1 aromatic heterocycles. The van der Waals surface area contributed by atoms with Crippen molar-refractivity contribution < 1.29 is 23.9 Å². The number of amides is 2. The molecule has 1 aromatic carbocycles. The van der Waals surface area contributed by atoms with Crippen LogP contribution in [-0.4, -0.2) is 56.5 Å². The van der Waals surface area contributed by atoms with Crippen LogP contribution in [0.5, 0.6) is 5.75 Å².